The largest absolute Gasteiger partial charge is 0.311 e. The number of benzene rings is 12. The fraction of sp³-hybridized carbons (Fsp3) is 0.143. The fourth-order valence-corrected chi connectivity index (χ4v) is 16.5. The third-order valence-corrected chi connectivity index (χ3v) is 20.8. The number of fused-ring (bicyclic) bond motifs is 13. The predicted molar refractivity (Wildman–Crippen MR) is 389 cm³/mol. The lowest BCUT2D eigenvalue weighted by molar-refractivity contribution is 0.590. The summed E-state index contributed by atoms with van der Waals surface area (Å²) < 4.78 is 7.73. The predicted octanol–water partition coefficient (Wildman–Crippen LogP) is 21.6. The highest BCUT2D eigenvalue weighted by Gasteiger charge is 2.46. The number of anilines is 6. The van der Waals surface area contributed by atoms with Gasteiger partial charge in [-0.3, -0.25) is 0 Å². The molecule has 2 aliphatic heterocycles. The molecule has 12 aromatic carbocycles. The molecular weight excluding hydrogens is 1110 g/mol. The van der Waals surface area contributed by atoms with E-state index >= 15 is 0 Å². The van der Waals surface area contributed by atoms with Crippen LogP contribution in [0.1, 0.15) is 78.0 Å². The van der Waals surface area contributed by atoms with Crippen LogP contribution in [0.2, 0.25) is 0 Å². The van der Waals surface area contributed by atoms with Crippen molar-refractivity contribution in [1.82, 2.24) is 9.13 Å². The molecule has 17 rings (SSSR count). The monoisotopic (exact) mass is 1180 g/mol. The highest BCUT2D eigenvalue weighted by atomic mass is 32.1. The zero-order valence-corrected chi connectivity index (χ0v) is 53.0. The Morgan fingerprint density at radius 1 is 0.378 bits per heavy atom. The zero-order valence-electron chi connectivity index (χ0n) is 52.1. The van der Waals surface area contributed by atoms with Crippen molar-refractivity contribution in [3.8, 4) is 33.6 Å². The number of aromatic nitrogens is 2. The molecule has 0 bridgehead atoms. The van der Waals surface area contributed by atoms with Gasteiger partial charge in [0.2, 0.25) is 0 Å². The van der Waals surface area contributed by atoms with Gasteiger partial charge in [-0.05, 0) is 153 Å². The summed E-state index contributed by atoms with van der Waals surface area (Å²) in [4.78, 5) is 5.47. The maximum Gasteiger partial charge on any atom is 0.252 e. The lowest BCUT2D eigenvalue weighted by Crippen LogP contribution is -2.61. The number of unbranched alkanes of at least 4 members (excludes halogenated alkanes) is 1. The molecule has 0 fully saturated rings. The van der Waals surface area contributed by atoms with Gasteiger partial charge in [0.05, 0.1) is 33.4 Å². The second-order valence-corrected chi connectivity index (χ2v) is 28.1. The smallest absolute Gasteiger partial charge is 0.252 e. The van der Waals surface area contributed by atoms with Crippen molar-refractivity contribution in [1.29, 1.82) is 0 Å². The van der Waals surface area contributed by atoms with Crippen LogP contribution >= 0.6 is 11.3 Å². The lowest BCUT2D eigenvalue weighted by atomic mass is 9.33. The van der Waals surface area contributed by atoms with E-state index in [9.17, 15) is 0 Å². The molecule has 6 heteroatoms. The van der Waals surface area contributed by atoms with Crippen molar-refractivity contribution < 1.29 is 0 Å². The molecule has 0 N–H and O–H groups in total. The third kappa shape index (κ3) is 8.33. The summed E-state index contributed by atoms with van der Waals surface area (Å²) in [5.74, 6) is 0. The Balaban J connectivity index is 1.04. The van der Waals surface area contributed by atoms with E-state index in [1.54, 1.807) is 0 Å². The fourth-order valence-electron chi connectivity index (χ4n) is 15.2. The van der Waals surface area contributed by atoms with Crippen LogP contribution in [0.5, 0.6) is 0 Å². The molecule has 0 aliphatic carbocycles. The molecular formula is C84H69BN4S. The summed E-state index contributed by atoms with van der Waals surface area (Å²) >= 11 is 1.96. The van der Waals surface area contributed by atoms with Gasteiger partial charge in [0.1, 0.15) is 0 Å². The summed E-state index contributed by atoms with van der Waals surface area (Å²) in [6.07, 6.45) is 3.13. The van der Waals surface area contributed by atoms with Crippen LogP contribution in [-0.2, 0) is 17.3 Å². The highest BCUT2D eigenvalue weighted by molar-refractivity contribution is 7.26. The van der Waals surface area contributed by atoms with Gasteiger partial charge < -0.3 is 18.9 Å². The van der Waals surface area contributed by atoms with E-state index in [1.807, 2.05) is 11.3 Å². The van der Waals surface area contributed by atoms with Gasteiger partial charge in [0.25, 0.3) is 6.71 Å². The van der Waals surface area contributed by atoms with Crippen LogP contribution in [-0.4, -0.2) is 15.8 Å². The Kier molecular flexibility index (Phi) is 12.4. The van der Waals surface area contributed by atoms with E-state index in [0.717, 1.165) is 30.6 Å². The molecule has 0 atom stereocenters. The van der Waals surface area contributed by atoms with Crippen molar-refractivity contribution in [3.63, 3.8) is 0 Å². The summed E-state index contributed by atoms with van der Waals surface area (Å²) in [5.41, 5.74) is 26.5. The first-order valence-corrected chi connectivity index (χ1v) is 33.0. The molecule has 90 heavy (non-hydrogen) atoms. The number of para-hydroxylation sites is 4. The molecule has 0 saturated heterocycles. The molecule has 15 aromatic rings. The first-order chi connectivity index (χ1) is 43.9. The van der Waals surface area contributed by atoms with Gasteiger partial charge in [0, 0.05) is 87.0 Å². The quantitative estimate of drug-likeness (QED) is 0.134. The van der Waals surface area contributed by atoms with Crippen molar-refractivity contribution in [2.24, 2.45) is 0 Å². The van der Waals surface area contributed by atoms with E-state index in [4.69, 9.17) is 0 Å². The minimum Gasteiger partial charge on any atom is -0.311 e. The standard InChI is InChI=1S/C84H69BN4S/c1-8-9-30-65-74(46-43-64-63-35-20-25-40-79(63)90-82(64)65)88-75-51-57(86-70-36-21-16-31-59(70)60-32-17-22-37-71(60)86)41-44-68(75)85-69-45-42-58(87-72-38-23-18-33-61(72)62-34-19-24-39-73(62)87)52-76(69)89(78-50-56(84(5,6)7)49-77(88)80(78)85)81-66(53-26-12-10-13-27-53)47-55(83(2,3)4)48-67(81)54-28-14-11-15-29-54/h10-29,31-52H,8-9,30H2,1-7H3. The molecule has 0 unspecified atom stereocenters. The minimum atomic E-state index is -0.254. The Labute approximate surface area is 531 Å². The highest BCUT2D eigenvalue weighted by Crippen LogP contribution is 2.54. The van der Waals surface area contributed by atoms with Crippen molar-refractivity contribution in [3.05, 3.63) is 271 Å². The normalized spacial score (nSPS) is 13.1. The lowest BCUT2D eigenvalue weighted by Gasteiger charge is -2.46. The molecule has 0 amide bonds. The SMILES string of the molecule is CCCCc1c(N2c3cc(-n4c5ccccc5c5ccccc54)ccc3B3c4ccc(-n5c6ccccc6c6ccccc65)cc4N(c4c(-c5ccccc5)cc(C(C)(C)C)cc4-c4ccccc4)c4cc(C(C)(C)C)cc2c43)ccc2c1sc1ccccc12. The van der Waals surface area contributed by atoms with E-state index in [2.05, 4.69) is 322 Å². The second-order valence-electron chi connectivity index (χ2n) is 27.1. The Morgan fingerprint density at radius 2 is 0.811 bits per heavy atom. The summed E-state index contributed by atoms with van der Waals surface area (Å²) in [7, 11) is 0. The zero-order chi connectivity index (χ0) is 60.7. The third-order valence-electron chi connectivity index (χ3n) is 19.6. The number of thiophene rings is 1. The maximum absolute atomic E-state index is 2.74. The average Bonchev–Trinajstić information content (AvgIpc) is 0.854. The summed E-state index contributed by atoms with van der Waals surface area (Å²) in [6.45, 7) is 16.5. The average molecular weight is 1180 g/mol. The number of aryl methyl sites for hydroxylation is 1. The Hall–Kier alpha value is -9.88. The van der Waals surface area contributed by atoms with Gasteiger partial charge >= 0.3 is 0 Å². The number of rotatable bonds is 9. The minimum absolute atomic E-state index is 0.151. The molecule has 2 aliphatic rings. The molecule has 4 nitrogen and oxygen atoms in total. The van der Waals surface area contributed by atoms with Crippen LogP contribution < -0.4 is 26.2 Å². The maximum atomic E-state index is 2.74. The van der Waals surface area contributed by atoms with Crippen LogP contribution in [0.25, 0.3) is 97.4 Å². The van der Waals surface area contributed by atoms with E-state index in [0.29, 0.717) is 0 Å². The molecule has 5 heterocycles. The number of hydrogen-bond donors (Lipinski definition) is 0. The van der Waals surface area contributed by atoms with Gasteiger partial charge in [-0.25, -0.2) is 0 Å². The van der Waals surface area contributed by atoms with Gasteiger partial charge in [0.15, 0.2) is 0 Å². The second kappa shape index (κ2) is 20.6. The molecule has 0 radical (unpaired) electrons. The Morgan fingerprint density at radius 3 is 1.30 bits per heavy atom. The number of nitrogens with zero attached hydrogens (tertiary/aromatic N) is 4. The van der Waals surface area contributed by atoms with Crippen molar-refractivity contribution in [2.75, 3.05) is 9.80 Å². The Bertz CT molecular complexity index is 5230. The van der Waals surface area contributed by atoms with Crippen LogP contribution in [0.4, 0.5) is 34.1 Å². The first-order valence-electron chi connectivity index (χ1n) is 32.2. The van der Waals surface area contributed by atoms with Gasteiger partial charge in [-0.1, -0.05) is 225 Å². The van der Waals surface area contributed by atoms with E-state index in [-0.39, 0.29) is 17.5 Å². The number of hydrogen-bond acceptors (Lipinski definition) is 3. The molecule has 0 spiro atoms. The molecule has 434 valence electrons. The van der Waals surface area contributed by atoms with Crippen LogP contribution in [0.3, 0.4) is 0 Å². The van der Waals surface area contributed by atoms with Crippen LogP contribution in [0.15, 0.2) is 255 Å². The van der Waals surface area contributed by atoms with Gasteiger partial charge in [-0.2, -0.15) is 0 Å². The molecule has 3 aromatic heterocycles. The van der Waals surface area contributed by atoms with Crippen molar-refractivity contribution in [2.45, 2.75) is 78.6 Å². The van der Waals surface area contributed by atoms with Gasteiger partial charge in [-0.15, -0.1) is 11.3 Å². The van der Waals surface area contributed by atoms with Crippen molar-refractivity contribution >= 4 is 132 Å². The first kappa shape index (κ1) is 54.3. The van der Waals surface area contributed by atoms with Crippen LogP contribution in [0, 0.1) is 0 Å². The summed E-state index contributed by atoms with van der Waals surface area (Å²) in [6, 6.07) is 97.3. The summed E-state index contributed by atoms with van der Waals surface area (Å²) in [5, 5.41) is 7.67. The van der Waals surface area contributed by atoms with E-state index in [1.165, 1.54) is 153 Å². The topological polar surface area (TPSA) is 16.3 Å². The molecule has 0 saturated carbocycles. The van der Waals surface area contributed by atoms with E-state index < -0.39 is 0 Å².